The molecule has 2 rings (SSSR count). The van der Waals surface area contributed by atoms with Gasteiger partial charge in [0.05, 0.1) is 12.5 Å². The normalized spacial score (nSPS) is 12.2. The Balaban J connectivity index is 2.15. The number of alkyl halides is 1. The molecule has 0 fully saturated rings. The van der Waals surface area contributed by atoms with Crippen LogP contribution in [-0.4, -0.2) is 7.11 Å². The van der Waals surface area contributed by atoms with Gasteiger partial charge in [0.1, 0.15) is 5.75 Å². The third-order valence-corrected chi connectivity index (χ3v) is 3.84. The minimum Gasteiger partial charge on any atom is -0.497 e. The van der Waals surface area contributed by atoms with Crippen molar-refractivity contribution >= 4 is 34.8 Å². The van der Waals surface area contributed by atoms with E-state index in [1.807, 2.05) is 36.4 Å². The minimum atomic E-state index is -0.181. The molecule has 0 saturated carbocycles. The second kappa shape index (κ2) is 6.51. The van der Waals surface area contributed by atoms with Crippen molar-refractivity contribution < 1.29 is 4.74 Å². The molecule has 0 saturated heterocycles. The standard InChI is InChI=1S/C15H13Cl3O/c1-19-12-6-7-13(15(18)9-12)14(17)8-10-2-4-11(16)5-3-10/h2-7,9,14H,8H2,1H3. The van der Waals surface area contributed by atoms with E-state index in [0.717, 1.165) is 21.9 Å². The lowest BCUT2D eigenvalue weighted by atomic mass is 10.0. The molecule has 4 heteroatoms. The molecule has 1 unspecified atom stereocenters. The molecule has 0 aliphatic carbocycles. The molecular formula is C15H13Cl3O. The lowest BCUT2D eigenvalue weighted by molar-refractivity contribution is 0.414. The largest absolute Gasteiger partial charge is 0.497 e. The van der Waals surface area contributed by atoms with Crippen LogP contribution < -0.4 is 4.74 Å². The van der Waals surface area contributed by atoms with Crippen LogP contribution in [0.2, 0.25) is 10.0 Å². The average molecular weight is 316 g/mol. The quantitative estimate of drug-likeness (QED) is 0.675. The Labute approximate surface area is 128 Å². The van der Waals surface area contributed by atoms with Crippen molar-refractivity contribution in [3.63, 3.8) is 0 Å². The highest BCUT2D eigenvalue weighted by Crippen LogP contribution is 2.33. The van der Waals surface area contributed by atoms with Crippen molar-refractivity contribution in [1.82, 2.24) is 0 Å². The number of halogens is 3. The van der Waals surface area contributed by atoms with Crippen LogP contribution in [0.1, 0.15) is 16.5 Å². The summed E-state index contributed by atoms with van der Waals surface area (Å²) in [5.41, 5.74) is 2.02. The van der Waals surface area contributed by atoms with Crippen LogP contribution in [0.15, 0.2) is 42.5 Å². The van der Waals surface area contributed by atoms with E-state index >= 15 is 0 Å². The molecule has 1 atom stereocenters. The highest BCUT2D eigenvalue weighted by molar-refractivity contribution is 6.33. The second-order valence-electron chi connectivity index (χ2n) is 4.19. The molecule has 0 aromatic heterocycles. The molecule has 2 aromatic rings. The maximum atomic E-state index is 6.42. The van der Waals surface area contributed by atoms with Gasteiger partial charge in [-0.25, -0.2) is 0 Å². The van der Waals surface area contributed by atoms with Crippen LogP contribution in [0.5, 0.6) is 5.75 Å². The van der Waals surface area contributed by atoms with Crippen molar-refractivity contribution in [2.24, 2.45) is 0 Å². The van der Waals surface area contributed by atoms with Gasteiger partial charge in [0.25, 0.3) is 0 Å². The number of methoxy groups -OCH3 is 1. The van der Waals surface area contributed by atoms with Crippen molar-refractivity contribution in [1.29, 1.82) is 0 Å². The van der Waals surface area contributed by atoms with Crippen molar-refractivity contribution in [3.8, 4) is 5.75 Å². The average Bonchev–Trinajstić information content (AvgIpc) is 2.41. The molecule has 0 amide bonds. The highest BCUT2D eigenvalue weighted by Gasteiger charge is 2.13. The van der Waals surface area contributed by atoms with Crippen LogP contribution >= 0.6 is 34.8 Å². The van der Waals surface area contributed by atoms with Crippen LogP contribution in [0, 0.1) is 0 Å². The van der Waals surface area contributed by atoms with Gasteiger partial charge in [-0.3, -0.25) is 0 Å². The summed E-state index contributed by atoms with van der Waals surface area (Å²) in [4.78, 5) is 0. The topological polar surface area (TPSA) is 9.23 Å². The monoisotopic (exact) mass is 314 g/mol. The molecule has 0 bridgehead atoms. The van der Waals surface area contributed by atoms with Crippen molar-refractivity contribution in [2.75, 3.05) is 7.11 Å². The summed E-state index contributed by atoms with van der Waals surface area (Å²) in [6.07, 6.45) is 0.699. The predicted octanol–water partition coefficient (Wildman–Crippen LogP) is 5.52. The van der Waals surface area contributed by atoms with Gasteiger partial charge < -0.3 is 4.74 Å². The Morgan fingerprint density at radius 1 is 1.05 bits per heavy atom. The predicted molar refractivity (Wildman–Crippen MR) is 81.8 cm³/mol. The van der Waals surface area contributed by atoms with Crippen molar-refractivity contribution in [3.05, 3.63) is 63.6 Å². The number of benzene rings is 2. The Hall–Kier alpha value is -0.890. The maximum Gasteiger partial charge on any atom is 0.120 e. The van der Waals surface area contributed by atoms with Crippen LogP contribution in [0.3, 0.4) is 0 Å². The first kappa shape index (κ1) is 14.5. The SMILES string of the molecule is COc1ccc(C(Cl)Cc2ccc(Cl)cc2)c(Cl)c1. The Morgan fingerprint density at radius 3 is 2.32 bits per heavy atom. The third-order valence-electron chi connectivity index (χ3n) is 2.87. The fourth-order valence-electron chi connectivity index (χ4n) is 1.83. The first-order valence-corrected chi connectivity index (χ1v) is 7.01. The third kappa shape index (κ3) is 3.79. The van der Waals surface area contributed by atoms with E-state index in [9.17, 15) is 0 Å². The Bertz CT molecular complexity index is 552. The number of hydrogen-bond donors (Lipinski definition) is 0. The van der Waals surface area contributed by atoms with Gasteiger partial charge >= 0.3 is 0 Å². The van der Waals surface area contributed by atoms with E-state index in [1.54, 1.807) is 13.2 Å². The maximum absolute atomic E-state index is 6.42. The summed E-state index contributed by atoms with van der Waals surface area (Å²) in [5, 5.41) is 1.16. The smallest absolute Gasteiger partial charge is 0.120 e. The molecule has 100 valence electrons. The van der Waals surface area contributed by atoms with Gasteiger partial charge in [-0.2, -0.15) is 0 Å². The van der Waals surface area contributed by atoms with E-state index in [2.05, 4.69) is 0 Å². The van der Waals surface area contributed by atoms with Crippen LogP contribution in [0.4, 0.5) is 0 Å². The second-order valence-corrected chi connectivity index (χ2v) is 5.56. The molecule has 0 aliphatic heterocycles. The van der Waals surface area contributed by atoms with E-state index < -0.39 is 0 Å². The van der Waals surface area contributed by atoms with Crippen molar-refractivity contribution in [2.45, 2.75) is 11.8 Å². The van der Waals surface area contributed by atoms with Gasteiger partial charge in [-0.05, 0) is 41.8 Å². The van der Waals surface area contributed by atoms with E-state index in [0.29, 0.717) is 11.4 Å². The zero-order chi connectivity index (χ0) is 13.8. The molecule has 19 heavy (non-hydrogen) atoms. The summed E-state index contributed by atoms with van der Waals surface area (Å²) < 4.78 is 5.12. The molecule has 0 spiro atoms. The fourth-order valence-corrected chi connectivity index (χ4v) is 2.68. The molecule has 0 aliphatic rings. The number of rotatable bonds is 4. The molecule has 0 radical (unpaired) electrons. The van der Waals surface area contributed by atoms with E-state index in [4.69, 9.17) is 39.5 Å². The van der Waals surface area contributed by atoms with Gasteiger partial charge in [-0.1, -0.05) is 41.4 Å². The zero-order valence-corrected chi connectivity index (χ0v) is 12.6. The van der Waals surface area contributed by atoms with Crippen LogP contribution in [-0.2, 0) is 6.42 Å². The van der Waals surface area contributed by atoms with Gasteiger partial charge in [0.15, 0.2) is 0 Å². The molecule has 2 aromatic carbocycles. The Kier molecular flexibility index (Phi) is 4.98. The lowest BCUT2D eigenvalue weighted by Crippen LogP contribution is -1.97. The lowest BCUT2D eigenvalue weighted by Gasteiger charge is -2.13. The van der Waals surface area contributed by atoms with Gasteiger partial charge in [0, 0.05) is 10.0 Å². The minimum absolute atomic E-state index is 0.181. The summed E-state index contributed by atoms with van der Waals surface area (Å²) in [7, 11) is 1.61. The number of hydrogen-bond acceptors (Lipinski definition) is 1. The summed E-state index contributed by atoms with van der Waals surface area (Å²) in [5.74, 6) is 0.726. The first-order valence-electron chi connectivity index (χ1n) is 5.82. The molecule has 1 nitrogen and oxygen atoms in total. The zero-order valence-electron chi connectivity index (χ0n) is 10.4. The van der Waals surface area contributed by atoms with Gasteiger partial charge in [-0.15, -0.1) is 11.6 Å². The summed E-state index contributed by atoms with van der Waals surface area (Å²) >= 11 is 18.5. The summed E-state index contributed by atoms with van der Waals surface area (Å²) in [6, 6.07) is 13.2. The van der Waals surface area contributed by atoms with Crippen LogP contribution in [0.25, 0.3) is 0 Å². The van der Waals surface area contributed by atoms with E-state index in [1.165, 1.54) is 0 Å². The molecular weight excluding hydrogens is 303 g/mol. The fraction of sp³-hybridized carbons (Fsp3) is 0.200. The first-order chi connectivity index (χ1) is 9.10. The Morgan fingerprint density at radius 2 is 1.74 bits per heavy atom. The number of ether oxygens (including phenoxy) is 1. The highest BCUT2D eigenvalue weighted by atomic mass is 35.5. The molecule has 0 N–H and O–H groups in total. The molecule has 0 heterocycles. The summed E-state index contributed by atoms with van der Waals surface area (Å²) in [6.45, 7) is 0. The van der Waals surface area contributed by atoms with Gasteiger partial charge in [0.2, 0.25) is 0 Å². The van der Waals surface area contributed by atoms with E-state index in [-0.39, 0.29) is 5.38 Å².